The van der Waals surface area contributed by atoms with Gasteiger partial charge in [-0.1, -0.05) is 0 Å². The number of aryl methyl sites for hydroxylation is 1. The van der Waals surface area contributed by atoms with E-state index in [-0.39, 0.29) is 17.4 Å². The Bertz CT molecular complexity index is 331. The molecule has 0 unspecified atom stereocenters. The molecule has 0 saturated heterocycles. The van der Waals surface area contributed by atoms with Gasteiger partial charge < -0.3 is 4.98 Å². The summed E-state index contributed by atoms with van der Waals surface area (Å²) in [5.41, 5.74) is 0.336. The van der Waals surface area contributed by atoms with E-state index in [1.807, 2.05) is 0 Å². The summed E-state index contributed by atoms with van der Waals surface area (Å²) in [6, 6.07) is 0. The van der Waals surface area contributed by atoms with E-state index in [0.29, 0.717) is 5.69 Å². The van der Waals surface area contributed by atoms with Gasteiger partial charge in [0.25, 0.3) is 0 Å². The van der Waals surface area contributed by atoms with Gasteiger partial charge in [-0.25, -0.2) is 4.98 Å². The van der Waals surface area contributed by atoms with Crippen molar-refractivity contribution < 1.29 is 13.0 Å². The maximum absolute atomic E-state index is 10.4. The third-order valence-corrected chi connectivity index (χ3v) is 1.93. The van der Waals surface area contributed by atoms with Crippen molar-refractivity contribution in [3.05, 3.63) is 12.0 Å². The van der Waals surface area contributed by atoms with E-state index in [4.69, 9.17) is 4.55 Å². The lowest BCUT2D eigenvalue weighted by molar-refractivity contribution is 0.479. The molecule has 1 heterocycles. The van der Waals surface area contributed by atoms with Crippen LogP contribution in [0.5, 0.6) is 0 Å². The highest BCUT2D eigenvalue weighted by molar-refractivity contribution is 7.85. The first kappa shape index (κ1) is 10.4. The standard InChI is InChI=1S/C4H6N2O3S.ClH/c1-3-4(6-2-5-3)10(7,8)9;/h2H,1H3,(H,5,6)(H,7,8,9);1H. The lowest BCUT2D eigenvalue weighted by Crippen LogP contribution is -1.99. The van der Waals surface area contributed by atoms with Gasteiger partial charge in [0, 0.05) is 0 Å². The SMILES string of the molecule is Cc1[nH]cnc1S(=O)(=O)O.Cl. The number of H-pyrrole nitrogens is 1. The van der Waals surface area contributed by atoms with Crippen molar-refractivity contribution in [3.8, 4) is 0 Å². The minimum atomic E-state index is -4.13. The number of nitrogens with one attached hydrogen (secondary N) is 1. The van der Waals surface area contributed by atoms with Crippen LogP contribution in [-0.4, -0.2) is 22.9 Å². The Morgan fingerprint density at radius 1 is 1.64 bits per heavy atom. The zero-order valence-electron chi connectivity index (χ0n) is 5.60. The van der Waals surface area contributed by atoms with Crippen LogP contribution in [0.3, 0.4) is 0 Å². The van der Waals surface area contributed by atoms with Crippen molar-refractivity contribution in [2.45, 2.75) is 11.9 Å². The van der Waals surface area contributed by atoms with Gasteiger partial charge in [-0.2, -0.15) is 8.42 Å². The van der Waals surface area contributed by atoms with Crippen LogP contribution >= 0.6 is 12.4 Å². The molecule has 2 N–H and O–H groups in total. The fourth-order valence-corrected chi connectivity index (χ4v) is 1.24. The largest absolute Gasteiger partial charge is 0.348 e. The Labute approximate surface area is 70.0 Å². The summed E-state index contributed by atoms with van der Waals surface area (Å²) >= 11 is 0. The van der Waals surface area contributed by atoms with Gasteiger partial charge in [-0.3, -0.25) is 4.55 Å². The zero-order chi connectivity index (χ0) is 7.78. The summed E-state index contributed by atoms with van der Waals surface area (Å²) < 4.78 is 29.2. The van der Waals surface area contributed by atoms with Crippen molar-refractivity contribution in [2.75, 3.05) is 0 Å². The first-order valence-electron chi connectivity index (χ1n) is 2.49. The Kier molecular flexibility index (Phi) is 3.03. The van der Waals surface area contributed by atoms with Crippen molar-refractivity contribution >= 4 is 22.5 Å². The number of rotatable bonds is 1. The van der Waals surface area contributed by atoms with E-state index < -0.39 is 10.1 Å². The molecular weight excluding hydrogens is 192 g/mol. The maximum Gasteiger partial charge on any atom is 0.313 e. The van der Waals surface area contributed by atoms with E-state index in [0.717, 1.165) is 0 Å². The minimum absolute atomic E-state index is 0. The number of aromatic nitrogens is 2. The highest BCUT2D eigenvalue weighted by atomic mass is 35.5. The molecule has 0 saturated carbocycles. The summed E-state index contributed by atoms with van der Waals surface area (Å²) in [4.78, 5) is 5.92. The second-order valence-electron chi connectivity index (χ2n) is 1.81. The zero-order valence-corrected chi connectivity index (χ0v) is 7.24. The smallest absolute Gasteiger partial charge is 0.313 e. The molecule has 0 spiro atoms. The van der Waals surface area contributed by atoms with Gasteiger partial charge in [0.15, 0.2) is 0 Å². The molecule has 1 aromatic heterocycles. The van der Waals surface area contributed by atoms with E-state index in [9.17, 15) is 8.42 Å². The number of aromatic amines is 1. The first-order valence-corrected chi connectivity index (χ1v) is 3.93. The predicted molar refractivity (Wildman–Crippen MR) is 40.4 cm³/mol. The number of hydrogen-bond donors (Lipinski definition) is 2. The molecule has 0 aliphatic carbocycles. The summed E-state index contributed by atoms with van der Waals surface area (Å²) in [5.74, 6) is 0. The van der Waals surface area contributed by atoms with Crippen molar-refractivity contribution in [1.82, 2.24) is 9.97 Å². The minimum Gasteiger partial charge on any atom is -0.348 e. The van der Waals surface area contributed by atoms with Crippen molar-refractivity contribution in [1.29, 1.82) is 0 Å². The number of nitrogens with zero attached hydrogens (tertiary/aromatic N) is 1. The summed E-state index contributed by atoms with van der Waals surface area (Å²) in [6.07, 6.45) is 1.21. The predicted octanol–water partition coefficient (Wildman–Crippen LogP) is 0.387. The topological polar surface area (TPSA) is 83.0 Å². The first-order chi connectivity index (χ1) is 4.52. The van der Waals surface area contributed by atoms with E-state index in [2.05, 4.69) is 9.97 Å². The maximum atomic E-state index is 10.4. The Morgan fingerprint density at radius 3 is 2.36 bits per heavy atom. The molecule has 0 amide bonds. The molecule has 0 fully saturated rings. The summed E-state index contributed by atoms with van der Waals surface area (Å²) in [7, 11) is -4.13. The summed E-state index contributed by atoms with van der Waals surface area (Å²) in [6.45, 7) is 1.51. The second kappa shape index (κ2) is 3.21. The Morgan fingerprint density at radius 2 is 2.18 bits per heavy atom. The number of hydrogen-bond acceptors (Lipinski definition) is 3. The van der Waals surface area contributed by atoms with Crippen LogP contribution < -0.4 is 0 Å². The molecule has 7 heteroatoms. The number of imidazole rings is 1. The van der Waals surface area contributed by atoms with Crippen LogP contribution in [-0.2, 0) is 10.1 Å². The van der Waals surface area contributed by atoms with Gasteiger partial charge in [-0.05, 0) is 6.92 Å². The monoisotopic (exact) mass is 198 g/mol. The lowest BCUT2D eigenvalue weighted by Gasteiger charge is -1.89. The molecule has 0 aliphatic heterocycles. The van der Waals surface area contributed by atoms with Crippen LogP contribution in [0.1, 0.15) is 5.69 Å². The van der Waals surface area contributed by atoms with Crippen LogP contribution in [0.4, 0.5) is 0 Å². The Hall–Kier alpha value is -0.590. The van der Waals surface area contributed by atoms with E-state index in [1.54, 1.807) is 0 Å². The quantitative estimate of drug-likeness (QED) is 0.640. The molecule has 5 nitrogen and oxygen atoms in total. The van der Waals surface area contributed by atoms with Crippen LogP contribution in [0, 0.1) is 6.92 Å². The molecule has 0 aromatic carbocycles. The fraction of sp³-hybridized carbons (Fsp3) is 0.250. The average molecular weight is 199 g/mol. The highest BCUT2D eigenvalue weighted by Crippen LogP contribution is 2.06. The molecule has 0 radical (unpaired) electrons. The third kappa shape index (κ3) is 2.18. The van der Waals surface area contributed by atoms with E-state index in [1.165, 1.54) is 13.3 Å². The van der Waals surface area contributed by atoms with Crippen molar-refractivity contribution in [3.63, 3.8) is 0 Å². The molecule has 0 aliphatic rings. The van der Waals surface area contributed by atoms with Gasteiger partial charge in [0.2, 0.25) is 5.03 Å². The molecule has 1 rings (SSSR count). The van der Waals surface area contributed by atoms with Gasteiger partial charge in [-0.15, -0.1) is 12.4 Å². The highest BCUT2D eigenvalue weighted by Gasteiger charge is 2.14. The lowest BCUT2D eigenvalue weighted by atomic mass is 10.6. The Balaban J connectivity index is 0.000001000. The molecule has 1 aromatic rings. The molecule has 0 bridgehead atoms. The van der Waals surface area contributed by atoms with Crippen LogP contribution in [0.15, 0.2) is 11.4 Å². The average Bonchev–Trinajstić information content (AvgIpc) is 2.11. The molecule has 0 atom stereocenters. The molecule has 64 valence electrons. The van der Waals surface area contributed by atoms with E-state index >= 15 is 0 Å². The van der Waals surface area contributed by atoms with Gasteiger partial charge >= 0.3 is 10.1 Å². The van der Waals surface area contributed by atoms with Crippen molar-refractivity contribution in [2.24, 2.45) is 0 Å². The number of halogens is 1. The molecular formula is C4H7ClN2O3S. The van der Waals surface area contributed by atoms with Crippen LogP contribution in [0.25, 0.3) is 0 Å². The third-order valence-electron chi connectivity index (χ3n) is 1.03. The van der Waals surface area contributed by atoms with Gasteiger partial charge in [0.1, 0.15) is 0 Å². The van der Waals surface area contributed by atoms with Gasteiger partial charge in [0.05, 0.1) is 12.0 Å². The fourth-order valence-electron chi connectivity index (χ4n) is 0.606. The second-order valence-corrected chi connectivity index (χ2v) is 3.14. The van der Waals surface area contributed by atoms with Crippen LogP contribution in [0.2, 0.25) is 0 Å². The normalized spacial score (nSPS) is 10.7. The molecule has 11 heavy (non-hydrogen) atoms. The summed E-state index contributed by atoms with van der Waals surface area (Å²) in [5, 5.41) is -0.312.